The third-order valence-electron chi connectivity index (χ3n) is 4.86. The predicted octanol–water partition coefficient (Wildman–Crippen LogP) is 1.68. The van der Waals surface area contributed by atoms with Crippen molar-refractivity contribution in [2.45, 2.75) is 6.04 Å². The van der Waals surface area contributed by atoms with Crippen molar-refractivity contribution in [3.05, 3.63) is 70.4 Å². The van der Waals surface area contributed by atoms with Gasteiger partial charge in [-0.25, -0.2) is 15.0 Å². The van der Waals surface area contributed by atoms with Gasteiger partial charge in [-0.1, -0.05) is 12.1 Å². The Morgan fingerprint density at radius 2 is 2.00 bits per heavy atom. The summed E-state index contributed by atoms with van der Waals surface area (Å²) in [6, 6.07) is 13.0. The number of nitrogens with one attached hydrogen (secondary N) is 1. The minimum absolute atomic E-state index is 0. The van der Waals surface area contributed by atoms with Crippen LogP contribution in [0, 0.1) is 11.3 Å². The number of rotatable bonds is 3. The van der Waals surface area contributed by atoms with Crippen molar-refractivity contribution in [3.8, 4) is 17.5 Å². The lowest BCUT2D eigenvalue weighted by Crippen LogP contribution is -2.47. The lowest BCUT2D eigenvalue weighted by molar-refractivity contribution is 0.462. The Hall–Kier alpha value is -3.28. The Bertz CT molecular complexity index is 1080. The molecule has 3 heterocycles. The number of hydrogen-bond acceptors (Lipinski definition) is 7. The van der Waals surface area contributed by atoms with Crippen LogP contribution in [-0.4, -0.2) is 39.2 Å². The summed E-state index contributed by atoms with van der Waals surface area (Å²) in [5.41, 5.74) is 2.76. The lowest BCUT2D eigenvalue weighted by Gasteiger charge is -2.35. The van der Waals surface area contributed by atoms with Crippen molar-refractivity contribution in [3.63, 3.8) is 0 Å². The molecular formula is C20H20ClN7O. The van der Waals surface area contributed by atoms with Gasteiger partial charge in [0.25, 0.3) is 5.56 Å². The summed E-state index contributed by atoms with van der Waals surface area (Å²) in [5.74, 6) is 0.612. The molecule has 1 N–H and O–H groups in total. The van der Waals surface area contributed by atoms with Crippen LogP contribution in [0.25, 0.3) is 11.4 Å². The quantitative estimate of drug-likeness (QED) is 0.702. The maximum Gasteiger partial charge on any atom is 0.255 e. The van der Waals surface area contributed by atoms with Gasteiger partial charge in [0.05, 0.1) is 23.0 Å². The van der Waals surface area contributed by atoms with E-state index in [1.165, 1.54) is 12.4 Å². The largest absolute Gasteiger partial charge is 0.339 e. The van der Waals surface area contributed by atoms with E-state index in [4.69, 9.17) is 10.2 Å². The zero-order valence-electron chi connectivity index (χ0n) is 15.8. The van der Waals surface area contributed by atoms with E-state index in [1.807, 2.05) is 24.3 Å². The SMILES string of the molecule is Cl.Cn1c(N2CCNC(c3ccc(C#N)cc3)C2)nc(-c2ccncn2)cc1=O. The highest BCUT2D eigenvalue weighted by Gasteiger charge is 2.24. The van der Waals surface area contributed by atoms with Gasteiger partial charge in [-0.3, -0.25) is 9.36 Å². The number of benzene rings is 1. The van der Waals surface area contributed by atoms with Crippen molar-refractivity contribution in [1.82, 2.24) is 24.8 Å². The van der Waals surface area contributed by atoms with E-state index in [-0.39, 0.29) is 24.0 Å². The number of halogens is 1. The van der Waals surface area contributed by atoms with E-state index in [0.29, 0.717) is 29.4 Å². The first-order valence-corrected chi connectivity index (χ1v) is 8.98. The molecule has 3 aromatic rings. The molecule has 0 bridgehead atoms. The van der Waals surface area contributed by atoms with Crippen molar-refractivity contribution in [2.24, 2.45) is 7.05 Å². The fourth-order valence-electron chi connectivity index (χ4n) is 3.33. The van der Waals surface area contributed by atoms with E-state index in [0.717, 1.165) is 18.7 Å². The second-order valence-corrected chi connectivity index (χ2v) is 6.62. The maximum absolute atomic E-state index is 12.5. The number of nitriles is 1. The van der Waals surface area contributed by atoms with Crippen LogP contribution < -0.4 is 15.8 Å². The van der Waals surface area contributed by atoms with Gasteiger partial charge in [0, 0.05) is 45.0 Å². The number of hydrogen-bond donors (Lipinski definition) is 1. The molecule has 1 unspecified atom stereocenters. The molecule has 1 aliphatic heterocycles. The number of aromatic nitrogens is 4. The normalized spacial score (nSPS) is 16.0. The summed E-state index contributed by atoms with van der Waals surface area (Å²) >= 11 is 0. The smallest absolute Gasteiger partial charge is 0.255 e. The van der Waals surface area contributed by atoms with Gasteiger partial charge in [-0.2, -0.15) is 5.26 Å². The number of anilines is 1. The summed E-state index contributed by atoms with van der Waals surface area (Å²) in [4.78, 5) is 27.4. The Morgan fingerprint density at radius 3 is 2.69 bits per heavy atom. The minimum atomic E-state index is -0.132. The van der Waals surface area contributed by atoms with Crippen molar-refractivity contribution >= 4 is 18.4 Å². The topological polar surface area (TPSA) is 99.7 Å². The first-order chi connectivity index (χ1) is 13.7. The molecule has 0 spiro atoms. The second-order valence-electron chi connectivity index (χ2n) is 6.62. The third kappa shape index (κ3) is 4.26. The molecule has 1 saturated heterocycles. The van der Waals surface area contributed by atoms with Crippen LogP contribution in [-0.2, 0) is 7.05 Å². The van der Waals surface area contributed by atoms with Crippen LogP contribution in [0.3, 0.4) is 0 Å². The highest BCUT2D eigenvalue weighted by atomic mass is 35.5. The first kappa shape index (κ1) is 20.5. The molecule has 4 rings (SSSR count). The molecule has 1 aromatic carbocycles. The van der Waals surface area contributed by atoms with Gasteiger partial charge in [0.15, 0.2) is 0 Å². The van der Waals surface area contributed by atoms with E-state index >= 15 is 0 Å². The molecule has 0 aliphatic carbocycles. The van der Waals surface area contributed by atoms with Crippen LogP contribution in [0.1, 0.15) is 17.2 Å². The molecule has 1 fully saturated rings. The Kier molecular flexibility index (Phi) is 6.22. The summed E-state index contributed by atoms with van der Waals surface area (Å²) in [7, 11) is 1.73. The monoisotopic (exact) mass is 409 g/mol. The molecule has 8 nitrogen and oxygen atoms in total. The maximum atomic E-state index is 12.5. The molecular weight excluding hydrogens is 390 g/mol. The molecule has 0 amide bonds. The first-order valence-electron chi connectivity index (χ1n) is 8.98. The summed E-state index contributed by atoms with van der Waals surface area (Å²) in [6.45, 7) is 2.16. The Balaban J connectivity index is 0.00000240. The van der Waals surface area contributed by atoms with Crippen molar-refractivity contribution < 1.29 is 0 Å². The van der Waals surface area contributed by atoms with Gasteiger partial charge in [0.1, 0.15) is 6.33 Å². The van der Waals surface area contributed by atoms with Gasteiger partial charge in [-0.05, 0) is 23.8 Å². The zero-order chi connectivity index (χ0) is 19.5. The van der Waals surface area contributed by atoms with E-state index < -0.39 is 0 Å². The highest BCUT2D eigenvalue weighted by Crippen LogP contribution is 2.22. The molecule has 1 aliphatic rings. The van der Waals surface area contributed by atoms with E-state index in [2.05, 4.69) is 26.3 Å². The second kappa shape index (κ2) is 8.82. The van der Waals surface area contributed by atoms with Crippen molar-refractivity contribution in [2.75, 3.05) is 24.5 Å². The summed E-state index contributed by atoms with van der Waals surface area (Å²) in [5, 5.41) is 12.5. The lowest BCUT2D eigenvalue weighted by atomic mass is 10.0. The molecule has 29 heavy (non-hydrogen) atoms. The summed E-state index contributed by atoms with van der Waals surface area (Å²) < 4.78 is 1.56. The van der Waals surface area contributed by atoms with E-state index in [9.17, 15) is 4.79 Å². The number of nitrogens with zero attached hydrogens (tertiary/aromatic N) is 6. The molecule has 0 saturated carbocycles. The fourth-order valence-corrected chi connectivity index (χ4v) is 3.33. The molecule has 2 aromatic heterocycles. The van der Waals surface area contributed by atoms with Gasteiger partial charge in [-0.15, -0.1) is 12.4 Å². The average molecular weight is 410 g/mol. The van der Waals surface area contributed by atoms with Crippen LogP contribution in [0.4, 0.5) is 5.95 Å². The van der Waals surface area contributed by atoms with Crippen LogP contribution in [0.5, 0.6) is 0 Å². The molecule has 0 radical (unpaired) electrons. The van der Waals surface area contributed by atoms with E-state index in [1.54, 1.807) is 23.9 Å². The average Bonchev–Trinajstić information content (AvgIpc) is 2.76. The number of piperazine rings is 1. The van der Waals surface area contributed by atoms with Gasteiger partial charge in [0.2, 0.25) is 5.95 Å². The molecule has 9 heteroatoms. The summed E-state index contributed by atoms with van der Waals surface area (Å²) in [6.07, 6.45) is 3.08. The Morgan fingerprint density at radius 1 is 1.21 bits per heavy atom. The predicted molar refractivity (Wildman–Crippen MR) is 112 cm³/mol. The highest BCUT2D eigenvalue weighted by molar-refractivity contribution is 5.85. The fraction of sp³-hybridized carbons (Fsp3) is 0.250. The van der Waals surface area contributed by atoms with Crippen LogP contribution in [0.15, 0.2) is 53.7 Å². The third-order valence-corrected chi connectivity index (χ3v) is 4.86. The molecule has 148 valence electrons. The molecule has 1 atom stereocenters. The standard InChI is InChI=1S/C20H19N7O.ClH/c1-26-19(28)10-17(16-6-7-22-13-24-16)25-20(26)27-9-8-23-18(12-27)15-4-2-14(11-21)3-5-15;/h2-7,10,13,18,23H,8-9,12H2,1H3;1H. The van der Waals surface area contributed by atoms with Gasteiger partial charge < -0.3 is 10.2 Å². The van der Waals surface area contributed by atoms with Gasteiger partial charge >= 0.3 is 0 Å². The van der Waals surface area contributed by atoms with Crippen molar-refractivity contribution in [1.29, 1.82) is 5.26 Å². The van der Waals surface area contributed by atoms with Crippen LogP contribution >= 0.6 is 12.4 Å². The zero-order valence-corrected chi connectivity index (χ0v) is 16.6. The van der Waals surface area contributed by atoms with Crippen LogP contribution in [0.2, 0.25) is 0 Å². The minimum Gasteiger partial charge on any atom is -0.339 e. The Labute approximate surface area is 174 Å².